The molecule has 8 nitrogen and oxygen atoms in total. The average Bonchev–Trinajstić information content (AvgIpc) is 3.42. The smallest absolute Gasteiger partial charge is 0.204 e. The van der Waals surface area contributed by atoms with Gasteiger partial charge in [0, 0.05) is 23.0 Å². The van der Waals surface area contributed by atoms with Gasteiger partial charge in [0.15, 0.2) is 0 Å². The first-order valence-electron chi connectivity index (χ1n) is 7.69. The van der Waals surface area contributed by atoms with Crippen molar-refractivity contribution < 1.29 is 0 Å². The summed E-state index contributed by atoms with van der Waals surface area (Å²) in [4.78, 5) is 4.49. The maximum absolute atomic E-state index is 4.49. The molecular weight excluding hydrogens is 316 g/mol. The second-order valence-corrected chi connectivity index (χ2v) is 5.59. The fraction of sp³-hybridized carbons (Fsp3) is 0. The van der Waals surface area contributed by atoms with Crippen molar-refractivity contribution in [2.75, 3.05) is 0 Å². The third-order valence-electron chi connectivity index (χ3n) is 4.11. The highest BCUT2D eigenvalue weighted by Crippen LogP contribution is 2.26. The number of aromatic nitrogens is 8. The van der Waals surface area contributed by atoms with Crippen molar-refractivity contribution >= 4 is 11.0 Å². The van der Waals surface area contributed by atoms with E-state index in [1.165, 1.54) is 0 Å². The number of hydrogen-bond acceptors (Lipinski definition) is 5. The first-order chi connectivity index (χ1) is 12.4. The van der Waals surface area contributed by atoms with E-state index in [2.05, 4.69) is 47.9 Å². The van der Waals surface area contributed by atoms with Crippen molar-refractivity contribution in [3.8, 4) is 28.2 Å². The Balaban J connectivity index is 1.66. The number of tetrazole rings is 1. The largest absolute Gasteiger partial charge is 0.299 e. The lowest BCUT2D eigenvalue weighted by Gasteiger charge is -2.07. The molecule has 0 radical (unpaired) electrons. The number of aromatic amines is 2. The van der Waals surface area contributed by atoms with Gasteiger partial charge in [-0.3, -0.25) is 9.67 Å². The van der Waals surface area contributed by atoms with Crippen LogP contribution in [0.2, 0.25) is 0 Å². The molecule has 0 bridgehead atoms. The third-order valence-corrected chi connectivity index (χ3v) is 4.11. The summed E-state index contributed by atoms with van der Waals surface area (Å²) in [6, 6.07) is 14.1. The molecule has 0 saturated heterocycles. The Bertz CT molecular complexity index is 1140. The van der Waals surface area contributed by atoms with Crippen LogP contribution in [0.1, 0.15) is 0 Å². The van der Waals surface area contributed by atoms with E-state index in [0.29, 0.717) is 5.82 Å². The third kappa shape index (κ3) is 2.27. The van der Waals surface area contributed by atoms with Gasteiger partial charge in [0.05, 0.1) is 17.2 Å². The van der Waals surface area contributed by atoms with Gasteiger partial charge in [-0.1, -0.05) is 12.1 Å². The Labute approximate surface area is 141 Å². The number of imidazole rings is 1. The Kier molecular flexibility index (Phi) is 2.93. The summed E-state index contributed by atoms with van der Waals surface area (Å²) < 4.78 is 2.04. The molecule has 0 fully saturated rings. The molecule has 3 heterocycles. The predicted octanol–water partition coefficient (Wildman–Crippen LogP) is 2.60. The van der Waals surface area contributed by atoms with Gasteiger partial charge in [-0.25, -0.2) is 4.98 Å². The Morgan fingerprint density at radius 2 is 1.96 bits per heavy atom. The monoisotopic (exact) mass is 328 g/mol. The van der Waals surface area contributed by atoms with Crippen molar-refractivity contribution in [1.82, 2.24) is 40.4 Å². The first-order valence-corrected chi connectivity index (χ1v) is 7.69. The van der Waals surface area contributed by atoms with Crippen LogP contribution in [0.5, 0.6) is 0 Å². The van der Waals surface area contributed by atoms with Crippen molar-refractivity contribution in [2.45, 2.75) is 0 Å². The van der Waals surface area contributed by atoms with Crippen LogP contribution in [0.3, 0.4) is 0 Å². The van der Waals surface area contributed by atoms with Gasteiger partial charge in [0.25, 0.3) is 0 Å². The zero-order valence-corrected chi connectivity index (χ0v) is 13.0. The maximum atomic E-state index is 4.49. The van der Waals surface area contributed by atoms with Gasteiger partial charge in [-0.2, -0.15) is 10.3 Å². The van der Waals surface area contributed by atoms with Crippen LogP contribution in [0.15, 0.2) is 61.2 Å². The summed E-state index contributed by atoms with van der Waals surface area (Å²) in [5.74, 6) is 0.557. The lowest BCUT2D eigenvalue weighted by molar-refractivity contribution is 0.881. The molecule has 0 aliphatic rings. The molecule has 0 atom stereocenters. The van der Waals surface area contributed by atoms with Crippen LogP contribution >= 0.6 is 0 Å². The van der Waals surface area contributed by atoms with Gasteiger partial charge in [-0.05, 0) is 41.1 Å². The molecule has 120 valence electrons. The van der Waals surface area contributed by atoms with Crippen LogP contribution in [0.25, 0.3) is 39.2 Å². The normalized spacial score (nSPS) is 11.2. The highest BCUT2D eigenvalue weighted by Gasteiger charge is 2.10. The van der Waals surface area contributed by atoms with Crippen LogP contribution in [-0.2, 0) is 0 Å². The number of rotatable bonds is 3. The summed E-state index contributed by atoms with van der Waals surface area (Å²) in [7, 11) is 0. The maximum Gasteiger partial charge on any atom is 0.204 e. The molecule has 5 rings (SSSR count). The number of hydrogen-bond donors (Lipinski definition) is 2. The highest BCUT2D eigenvalue weighted by atomic mass is 15.5. The van der Waals surface area contributed by atoms with E-state index in [0.717, 1.165) is 33.4 Å². The van der Waals surface area contributed by atoms with E-state index in [1.54, 1.807) is 6.20 Å². The molecule has 0 aliphatic heterocycles. The SMILES string of the molecule is c1cc(-c2cn[nH]c2)cc(-n2cnc3ccc(-c4nn[nH]n4)cc32)c1. The fourth-order valence-corrected chi connectivity index (χ4v) is 2.88. The number of fused-ring (bicyclic) bond motifs is 1. The summed E-state index contributed by atoms with van der Waals surface area (Å²) in [6.45, 7) is 0. The molecule has 2 N–H and O–H groups in total. The fourth-order valence-electron chi connectivity index (χ4n) is 2.88. The van der Waals surface area contributed by atoms with Gasteiger partial charge in [-0.15, -0.1) is 10.2 Å². The van der Waals surface area contributed by atoms with E-state index in [1.807, 2.05) is 47.4 Å². The van der Waals surface area contributed by atoms with Crippen molar-refractivity contribution in [1.29, 1.82) is 0 Å². The van der Waals surface area contributed by atoms with Crippen LogP contribution in [-0.4, -0.2) is 40.4 Å². The topological polar surface area (TPSA) is 101 Å². The van der Waals surface area contributed by atoms with Gasteiger partial charge >= 0.3 is 0 Å². The molecule has 5 aromatic rings. The van der Waals surface area contributed by atoms with Crippen molar-refractivity contribution in [3.05, 3.63) is 61.2 Å². The van der Waals surface area contributed by atoms with E-state index in [-0.39, 0.29) is 0 Å². The van der Waals surface area contributed by atoms with Gasteiger partial charge < -0.3 is 0 Å². The quantitative estimate of drug-likeness (QED) is 0.530. The number of H-pyrrole nitrogens is 2. The van der Waals surface area contributed by atoms with Gasteiger partial charge in [0.1, 0.15) is 6.33 Å². The molecule has 3 aromatic heterocycles. The standard InChI is InChI=1S/C17H12N8/c1-2-11(13-8-19-20-9-13)6-14(3-1)25-10-18-15-5-4-12(7-16(15)25)17-21-23-24-22-17/h1-10H,(H,19,20)(H,21,22,23,24). The molecule has 8 heteroatoms. The zero-order chi connectivity index (χ0) is 16.6. The van der Waals surface area contributed by atoms with Crippen LogP contribution in [0.4, 0.5) is 0 Å². The predicted molar refractivity (Wildman–Crippen MR) is 91.8 cm³/mol. The Hall–Kier alpha value is -3.81. The van der Waals surface area contributed by atoms with E-state index in [9.17, 15) is 0 Å². The molecule has 0 aliphatic carbocycles. The molecule has 0 amide bonds. The number of nitrogens with zero attached hydrogens (tertiary/aromatic N) is 6. The number of benzene rings is 2. The minimum absolute atomic E-state index is 0.557. The van der Waals surface area contributed by atoms with E-state index < -0.39 is 0 Å². The Morgan fingerprint density at radius 1 is 0.960 bits per heavy atom. The summed E-state index contributed by atoms with van der Waals surface area (Å²) >= 11 is 0. The second-order valence-electron chi connectivity index (χ2n) is 5.59. The minimum atomic E-state index is 0.557. The molecular formula is C17H12N8. The lowest BCUT2D eigenvalue weighted by atomic mass is 10.1. The lowest BCUT2D eigenvalue weighted by Crippen LogP contribution is -1.93. The zero-order valence-electron chi connectivity index (χ0n) is 13.0. The van der Waals surface area contributed by atoms with Crippen molar-refractivity contribution in [2.24, 2.45) is 0 Å². The molecule has 25 heavy (non-hydrogen) atoms. The summed E-state index contributed by atoms with van der Waals surface area (Å²) in [5, 5.41) is 21.0. The second kappa shape index (κ2) is 5.38. The van der Waals surface area contributed by atoms with Gasteiger partial charge in [0.2, 0.25) is 5.82 Å². The molecule has 2 aromatic carbocycles. The summed E-state index contributed by atoms with van der Waals surface area (Å²) in [6.07, 6.45) is 5.50. The van der Waals surface area contributed by atoms with Crippen LogP contribution in [0, 0.1) is 0 Å². The van der Waals surface area contributed by atoms with E-state index >= 15 is 0 Å². The average molecular weight is 328 g/mol. The highest BCUT2D eigenvalue weighted by molar-refractivity contribution is 5.82. The summed E-state index contributed by atoms with van der Waals surface area (Å²) in [5.41, 5.74) is 5.91. The first kappa shape index (κ1) is 13.6. The van der Waals surface area contributed by atoms with Crippen LogP contribution < -0.4 is 0 Å². The van der Waals surface area contributed by atoms with Crippen molar-refractivity contribution in [3.63, 3.8) is 0 Å². The molecule has 0 spiro atoms. The molecule has 0 unspecified atom stereocenters. The van der Waals surface area contributed by atoms with E-state index in [4.69, 9.17) is 0 Å². The number of nitrogens with one attached hydrogen (secondary N) is 2. The Morgan fingerprint density at radius 3 is 2.80 bits per heavy atom. The minimum Gasteiger partial charge on any atom is -0.299 e. The molecule has 0 saturated carbocycles.